The van der Waals surface area contributed by atoms with E-state index < -0.39 is 11.9 Å². The van der Waals surface area contributed by atoms with Gasteiger partial charge in [-0.15, -0.1) is 0 Å². The molecular weight excluding hydrogens is 368 g/mol. The lowest BCUT2D eigenvalue weighted by Gasteiger charge is -2.08. The van der Waals surface area contributed by atoms with Gasteiger partial charge in [-0.2, -0.15) is 5.10 Å². The largest absolute Gasteiger partial charge is 0.461 e. The lowest BCUT2D eigenvalue weighted by atomic mass is 10.2. The molecule has 7 heteroatoms. The number of carbonyl (C=O) groups excluding carboxylic acids is 2. The fraction of sp³-hybridized carbons (Fsp3) is 0.150. The molecule has 0 fully saturated rings. The zero-order valence-electron chi connectivity index (χ0n) is 14.6. The predicted molar refractivity (Wildman–Crippen MR) is 100 cm³/mol. The highest BCUT2D eigenvalue weighted by Crippen LogP contribution is 2.21. The number of hydrogen-bond donors (Lipinski definition) is 0. The fourth-order valence-electron chi connectivity index (χ4n) is 2.39. The highest BCUT2D eigenvalue weighted by Gasteiger charge is 2.15. The van der Waals surface area contributed by atoms with E-state index in [2.05, 4.69) is 5.10 Å². The lowest BCUT2D eigenvalue weighted by Crippen LogP contribution is -2.08. The van der Waals surface area contributed by atoms with Crippen LogP contribution in [0.4, 0.5) is 0 Å². The normalized spacial score (nSPS) is 10.4. The number of rotatable bonds is 6. The molecule has 0 unspecified atom stereocenters. The number of benzene rings is 2. The van der Waals surface area contributed by atoms with Gasteiger partial charge in [-0.25, -0.2) is 14.3 Å². The molecule has 0 atom stereocenters. The van der Waals surface area contributed by atoms with Crippen molar-refractivity contribution in [2.45, 2.75) is 13.5 Å². The Morgan fingerprint density at radius 1 is 1.04 bits per heavy atom. The summed E-state index contributed by atoms with van der Waals surface area (Å²) in [7, 11) is 0. The standard InChI is InChI=1S/C20H17ClN2O4/c1-2-26-20(25)18-10-11-23(22-18)15-8-9-16(17(21)12-15)19(24)27-13-14-6-4-3-5-7-14/h3-12H,2,13H2,1H3. The van der Waals surface area contributed by atoms with E-state index in [1.54, 1.807) is 37.4 Å². The Balaban J connectivity index is 1.72. The average molecular weight is 385 g/mol. The van der Waals surface area contributed by atoms with Crippen LogP contribution in [0.1, 0.15) is 33.3 Å². The van der Waals surface area contributed by atoms with Gasteiger partial charge in [0.1, 0.15) is 6.61 Å². The molecule has 1 heterocycles. The molecule has 1 aromatic heterocycles. The van der Waals surface area contributed by atoms with E-state index in [4.69, 9.17) is 21.1 Å². The summed E-state index contributed by atoms with van der Waals surface area (Å²) in [6.07, 6.45) is 1.62. The number of halogens is 1. The second-order valence-corrected chi connectivity index (χ2v) is 6.00. The third kappa shape index (κ3) is 4.54. The maximum atomic E-state index is 12.3. The summed E-state index contributed by atoms with van der Waals surface area (Å²) >= 11 is 6.24. The van der Waals surface area contributed by atoms with Gasteiger partial charge in [0, 0.05) is 6.20 Å². The zero-order valence-corrected chi connectivity index (χ0v) is 15.3. The second-order valence-electron chi connectivity index (χ2n) is 5.59. The molecule has 138 valence electrons. The Bertz CT molecular complexity index is 954. The maximum absolute atomic E-state index is 12.3. The number of carbonyl (C=O) groups is 2. The number of aromatic nitrogens is 2. The molecule has 27 heavy (non-hydrogen) atoms. The van der Waals surface area contributed by atoms with E-state index in [-0.39, 0.29) is 29.5 Å². The molecule has 6 nitrogen and oxygen atoms in total. The minimum Gasteiger partial charge on any atom is -0.461 e. The smallest absolute Gasteiger partial charge is 0.358 e. The first-order valence-electron chi connectivity index (χ1n) is 8.32. The van der Waals surface area contributed by atoms with E-state index >= 15 is 0 Å². The first-order valence-corrected chi connectivity index (χ1v) is 8.70. The number of nitrogens with zero attached hydrogens (tertiary/aromatic N) is 2. The summed E-state index contributed by atoms with van der Waals surface area (Å²) in [5, 5.41) is 4.39. The van der Waals surface area contributed by atoms with Gasteiger partial charge in [0.05, 0.1) is 22.9 Å². The molecule has 0 spiro atoms. The van der Waals surface area contributed by atoms with Gasteiger partial charge in [0.2, 0.25) is 0 Å². The molecular formula is C20H17ClN2O4. The van der Waals surface area contributed by atoms with Crippen LogP contribution < -0.4 is 0 Å². The highest BCUT2D eigenvalue weighted by molar-refractivity contribution is 6.33. The molecule has 0 N–H and O–H groups in total. The van der Waals surface area contributed by atoms with Crippen molar-refractivity contribution >= 4 is 23.5 Å². The van der Waals surface area contributed by atoms with Gasteiger partial charge in [0.15, 0.2) is 5.69 Å². The van der Waals surface area contributed by atoms with Crippen molar-refractivity contribution in [3.63, 3.8) is 0 Å². The van der Waals surface area contributed by atoms with Crippen molar-refractivity contribution in [2.75, 3.05) is 6.61 Å². The van der Waals surface area contributed by atoms with Gasteiger partial charge >= 0.3 is 11.9 Å². The molecule has 0 amide bonds. The van der Waals surface area contributed by atoms with E-state index in [1.807, 2.05) is 30.3 Å². The maximum Gasteiger partial charge on any atom is 0.358 e. The van der Waals surface area contributed by atoms with Crippen LogP contribution in [0.15, 0.2) is 60.8 Å². The first kappa shape index (κ1) is 18.7. The summed E-state index contributed by atoms with van der Waals surface area (Å²) in [4.78, 5) is 24.0. The minimum absolute atomic E-state index is 0.166. The summed E-state index contributed by atoms with van der Waals surface area (Å²) in [5.74, 6) is -1.01. The molecule has 3 rings (SSSR count). The first-order chi connectivity index (χ1) is 13.1. The Morgan fingerprint density at radius 3 is 2.52 bits per heavy atom. The van der Waals surface area contributed by atoms with Crippen LogP contribution in [0, 0.1) is 0 Å². The number of esters is 2. The molecule has 0 bridgehead atoms. The van der Waals surface area contributed by atoms with Crippen molar-refractivity contribution < 1.29 is 19.1 Å². The van der Waals surface area contributed by atoms with Crippen LogP contribution in [0.25, 0.3) is 5.69 Å². The molecule has 0 radical (unpaired) electrons. The molecule has 3 aromatic rings. The van der Waals surface area contributed by atoms with Crippen molar-refractivity contribution in [1.29, 1.82) is 0 Å². The molecule has 0 saturated heterocycles. The minimum atomic E-state index is -0.511. The Labute approximate surface area is 161 Å². The van der Waals surface area contributed by atoms with Gasteiger partial charge in [-0.3, -0.25) is 0 Å². The molecule has 0 aliphatic rings. The summed E-state index contributed by atoms with van der Waals surface area (Å²) in [5.41, 5.74) is 1.95. The molecule has 0 aliphatic heterocycles. The van der Waals surface area contributed by atoms with Crippen LogP contribution in [-0.4, -0.2) is 28.3 Å². The van der Waals surface area contributed by atoms with Crippen LogP contribution in [-0.2, 0) is 16.1 Å². The second kappa shape index (κ2) is 8.51. The van der Waals surface area contributed by atoms with Gasteiger partial charge < -0.3 is 9.47 Å². The van der Waals surface area contributed by atoms with Gasteiger partial charge in [0.25, 0.3) is 0 Å². The van der Waals surface area contributed by atoms with Crippen molar-refractivity contribution in [3.8, 4) is 5.69 Å². The zero-order chi connectivity index (χ0) is 19.2. The van der Waals surface area contributed by atoms with E-state index in [0.717, 1.165) is 5.56 Å². The monoisotopic (exact) mass is 384 g/mol. The van der Waals surface area contributed by atoms with Crippen LogP contribution in [0.5, 0.6) is 0 Å². The van der Waals surface area contributed by atoms with Crippen LogP contribution >= 0.6 is 11.6 Å². The fourth-order valence-corrected chi connectivity index (χ4v) is 2.65. The Morgan fingerprint density at radius 2 is 1.81 bits per heavy atom. The van der Waals surface area contributed by atoms with Crippen LogP contribution in [0.2, 0.25) is 5.02 Å². The number of hydrogen-bond acceptors (Lipinski definition) is 5. The third-order valence-electron chi connectivity index (χ3n) is 3.72. The van der Waals surface area contributed by atoms with Crippen molar-refractivity contribution in [1.82, 2.24) is 9.78 Å². The van der Waals surface area contributed by atoms with Crippen LogP contribution in [0.3, 0.4) is 0 Å². The van der Waals surface area contributed by atoms with Gasteiger partial charge in [-0.1, -0.05) is 41.9 Å². The van der Waals surface area contributed by atoms with Gasteiger partial charge in [-0.05, 0) is 36.8 Å². The summed E-state index contributed by atoms with van der Waals surface area (Å²) < 4.78 is 11.7. The van der Waals surface area contributed by atoms with E-state index in [9.17, 15) is 9.59 Å². The lowest BCUT2D eigenvalue weighted by molar-refractivity contribution is 0.0471. The SMILES string of the molecule is CCOC(=O)c1ccn(-c2ccc(C(=O)OCc3ccccc3)c(Cl)c2)n1. The van der Waals surface area contributed by atoms with E-state index in [0.29, 0.717) is 5.69 Å². The Kier molecular flexibility index (Phi) is 5.88. The summed E-state index contributed by atoms with van der Waals surface area (Å²) in [6, 6.07) is 15.8. The molecule has 0 saturated carbocycles. The highest BCUT2D eigenvalue weighted by atomic mass is 35.5. The number of ether oxygens (including phenoxy) is 2. The Hall–Kier alpha value is -3.12. The average Bonchev–Trinajstić information content (AvgIpc) is 3.17. The topological polar surface area (TPSA) is 70.4 Å². The molecule has 0 aliphatic carbocycles. The quantitative estimate of drug-likeness (QED) is 0.599. The molecule has 2 aromatic carbocycles. The summed E-state index contributed by atoms with van der Waals surface area (Å²) in [6.45, 7) is 2.17. The van der Waals surface area contributed by atoms with Crippen molar-refractivity contribution in [3.05, 3.63) is 82.6 Å². The predicted octanol–water partition coefficient (Wildman–Crippen LogP) is 4.06. The van der Waals surface area contributed by atoms with Crippen molar-refractivity contribution in [2.24, 2.45) is 0 Å². The third-order valence-corrected chi connectivity index (χ3v) is 4.04. The van der Waals surface area contributed by atoms with E-state index in [1.165, 1.54) is 4.68 Å².